The fraction of sp³-hybridized carbons (Fsp3) is 0. The van der Waals surface area contributed by atoms with E-state index in [1.807, 2.05) is 0 Å². The number of hydrogen-bond donors (Lipinski definition) is 4. The van der Waals surface area contributed by atoms with Crippen molar-refractivity contribution >= 4 is 89.7 Å². The van der Waals surface area contributed by atoms with Gasteiger partial charge >= 0.3 is 17.1 Å². The number of hydrogen-bond acceptors (Lipinski definition) is 14. The Labute approximate surface area is 422 Å². The van der Waals surface area contributed by atoms with Gasteiger partial charge in [0.15, 0.2) is 23.3 Å². The van der Waals surface area contributed by atoms with Crippen LogP contribution in [0.5, 0.6) is 0 Å². The van der Waals surface area contributed by atoms with Crippen LogP contribution in [0, 0.1) is 23.3 Å². The molecular formula is C44H20F8MnN4O12S4+. The van der Waals surface area contributed by atoms with Crippen molar-refractivity contribution in [2.75, 3.05) is 0 Å². The molecule has 0 amide bonds. The zero-order valence-electron chi connectivity index (χ0n) is 35.1. The number of nitrogens with zero attached hydrogens (tertiary/aromatic N) is 4. The van der Waals surface area contributed by atoms with E-state index in [9.17, 15) is 25.9 Å². The van der Waals surface area contributed by atoms with Crippen LogP contribution in [-0.4, -0.2) is 46.4 Å². The first kappa shape index (κ1) is 53.0. The molecule has 8 bridgehead atoms. The van der Waals surface area contributed by atoms with Crippen LogP contribution < -0.4 is 9.97 Å². The molecule has 0 saturated heterocycles. The molecular weight excluding hydrogens is 1110 g/mol. The Morgan fingerprint density at radius 2 is 0.644 bits per heavy atom. The third-order valence-electron chi connectivity index (χ3n) is 10.7. The molecule has 9 rings (SSSR count). The molecule has 0 unspecified atom stereocenters. The van der Waals surface area contributed by atoms with Crippen LogP contribution in [0.15, 0.2) is 117 Å². The maximum atomic E-state index is 16.9. The summed E-state index contributed by atoms with van der Waals surface area (Å²) in [5.41, 5.74) is -15.3. The van der Waals surface area contributed by atoms with Crippen molar-refractivity contribution in [2.24, 2.45) is 0 Å². The minimum atomic E-state index is -4.96. The van der Waals surface area contributed by atoms with Gasteiger partial charge in [-0.3, -0.25) is 9.11 Å². The second-order valence-electron chi connectivity index (χ2n) is 14.7. The van der Waals surface area contributed by atoms with Crippen LogP contribution in [0.2, 0.25) is 0 Å². The van der Waals surface area contributed by atoms with E-state index in [1.165, 1.54) is 24.3 Å². The topological polar surface area (TPSA) is 240 Å². The van der Waals surface area contributed by atoms with Gasteiger partial charge in [-0.05, 0) is 93.0 Å². The molecule has 16 nitrogen and oxygen atoms in total. The molecule has 374 valence electrons. The van der Waals surface area contributed by atoms with Crippen LogP contribution in [0.25, 0.3) is 89.9 Å². The normalized spacial score (nSPS) is 13.0. The fourth-order valence-electron chi connectivity index (χ4n) is 7.59. The summed E-state index contributed by atoms with van der Waals surface area (Å²) in [5.74, 6) is -15.8. The minimum Gasteiger partial charge on any atom is -0.652 e. The van der Waals surface area contributed by atoms with Crippen molar-refractivity contribution in [1.82, 2.24) is 19.9 Å². The maximum Gasteiger partial charge on any atom is 3.00 e. The fourth-order valence-corrected chi connectivity index (χ4v) is 9.26. The summed E-state index contributed by atoms with van der Waals surface area (Å²) in [5, 5.41) is 24.5. The van der Waals surface area contributed by atoms with E-state index in [1.54, 1.807) is 0 Å². The van der Waals surface area contributed by atoms with Gasteiger partial charge in [0.05, 0.1) is 33.9 Å². The number of halogens is 8. The third kappa shape index (κ3) is 9.72. The standard InChI is InChI=1S/C44H20F8N4O12S4.Mn/c45-29-30(46)38-26(18-3-11-22(12-4-18)70-68-66-58)40-32(48)34(50)42(55-40)28(20-7-15-24(16-8-20)72(62,63)64)44-36(52)35(51)43(56-44)27(19-5-13-23(14-6-19)71(59,60)61)41-33(49)31(47)39(54-41)25(37(29)53-38)17-1-9-21(10-2-17)69-67-65-57;/h1-16,57-58H,(H,59,60,61)(H,62,63,64);/q-2;+3. The minimum absolute atomic E-state index is 0. The smallest absolute Gasteiger partial charge is 0.652 e. The molecule has 0 aliphatic carbocycles. The predicted octanol–water partition coefficient (Wildman–Crippen LogP) is 11.7. The second-order valence-corrected chi connectivity index (χ2v) is 19.1. The Balaban J connectivity index is 0.00000711. The summed E-state index contributed by atoms with van der Waals surface area (Å²) < 4.78 is 212. The van der Waals surface area contributed by atoms with Crippen LogP contribution in [0.4, 0.5) is 35.1 Å². The van der Waals surface area contributed by atoms with E-state index in [0.717, 1.165) is 48.5 Å². The molecule has 0 radical (unpaired) electrons. The molecule has 73 heavy (non-hydrogen) atoms. The van der Waals surface area contributed by atoms with Gasteiger partial charge < -0.3 is 9.97 Å². The van der Waals surface area contributed by atoms with E-state index in [0.29, 0.717) is 48.4 Å². The van der Waals surface area contributed by atoms with Gasteiger partial charge in [-0.15, -0.1) is 8.67 Å². The van der Waals surface area contributed by atoms with E-state index in [4.69, 9.17) is 10.5 Å². The summed E-state index contributed by atoms with van der Waals surface area (Å²) >= 11 is 0.837. The summed E-state index contributed by atoms with van der Waals surface area (Å²) in [7, 11) is -9.91. The van der Waals surface area contributed by atoms with E-state index in [2.05, 4.69) is 38.7 Å². The van der Waals surface area contributed by atoms with Crippen molar-refractivity contribution in [3.05, 3.63) is 143 Å². The third-order valence-corrected chi connectivity index (χ3v) is 13.6. The van der Waals surface area contributed by atoms with Crippen molar-refractivity contribution in [1.29, 1.82) is 0 Å². The molecule has 7 aromatic rings. The Bertz CT molecular complexity index is 3620. The van der Waals surface area contributed by atoms with Crippen LogP contribution in [-0.2, 0) is 56.0 Å². The van der Waals surface area contributed by atoms with Gasteiger partial charge in [-0.1, -0.05) is 80.7 Å². The number of fused-ring (bicyclic) bond motifs is 8. The first-order chi connectivity index (χ1) is 34.2. The number of rotatable bonds is 12. The van der Waals surface area contributed by atoms with Crippen molar-refractivity contribution in [3.63, 3.8) is 0 Å². The number of benzene rings is 4. The quantitative estimate of drug-likeness (QED) is 0.0222. The van der Waals surface area contributed by atoms with Crippen LogP contribution >= 0.6 is 24.1 Å². The van der Waals surface area contributed by atoms with Crippen molar-refractivity contribution in [2.45, 2.75) is 19.6 Å². The van der Waals surface area contributed by atoms with Crippen molar-refractivity contribution < 1.29 is 107 Å². The Hall–Kier alpha value is -6.28. The Kier molecular flexibility index (Phi) is 14.9. The molecule has 3 aromatic heterocycles. The molecule has 2 aliphatic rings. The molecule has 0 fully saturated rings. The van der Waals surface area contributed by atoms with Crippen LogP contribution in [0.1, 0.15) is 22.8 Å². The molecule has 0 spiro atoms. The summed E-state index contributed by atoms with van der Waals surface area (Å²) in [6, 6.07) is 15.3. The summed E-state index contributed by atoms with van der Waals surface area (Å²) in [6.45, 7) is 0. The summed E-state index contributed by atoms with van der Waals surface area (Å²) in [6.07, 6.45) is 0. The molecule has 0 saturated carbocycles. The monoisotopic (exact) mass is 1130 g/mol. The van der Waals surface area contributed by atoms with E-state index < -0.39 is 155 Å². The molecule has 4 aromatic carbocycles. The molecule has 0 atom stereocenters. The molecule has 5 heterocycles. The average Bonchev–Trinajstić information content (AvgIpc) is 4.02. The zero-order chi connectivity index (χ0) is 51.6. The number of aromatic nitrogens is 4. The summed E-state index contributed by atoms with van der Waals surface area (Å²) in [4.78, 5) is 15.0. The second kappa shape index (κ2) is 20.6. The predicted molar refractivity (Wildman–Crippen MR) is 240 cm³/mol. The molecule has 2 aliphatic heterocycles. The Morgan fingerprint density at radius 3 is 0.863 bits per heavy atom. The zero-order valence-corrected chi connectivity index (χ0v) is 39.6. The molecule has 4 N–H and O–H groups in total. The van der Waals surface area contributed by atoms with Gasteiger partial charge in [-0.25, -0.2) is 55.6 Å². The average molecular weight is 1130 g/mol. The SMILES string of the molecule is O=S(=O)(O)c1ccc(-c2c3nc(c(-c4ccc(SOOO)cc4)c4[n-]c(c(F)c4F)c(-c4ccc(SOOO)cc4)c4nc(c(-c5ccc(S(=O)(=O)O)cc5)c5[n-]c2c(F)c5F)C(F)=C4F)C(F)=C3F)cc1.[Mn+3]. The maximum absolute atomic E-state index is 16.9. The van der Waals surface area contributed by atoms with Gasteiger partial charge in [-0.2, -0.15) is 16.8 Å². The van der Waals surface area contributed by atoms with Gasteiger partial charge in [0, 0.05) is 9.79 Å². The van der Waals surface area contributed by atoms with Gasteiger partial charge in [0.25, 0.3) is 20.2 Å². The van der Waals surface area contributed by atoms with Crippen molar-refractivity contribution in [3.8, 4) is 44.5 Å². The van der Waals surface area contributed by atoms with Crippen LogP contribution in [0.3, 0.4) is 0 Å². The first-order valence-electron chi connectivity index (χ1n) is 19.5. The van der Waals surface area contributed by atoms with Gasteiger partial charge in [0.2, 0.25) is 0 Å². The van der Waals surface area contributed by atoms with E-state index >= 15 is 35.1 Å². The molecule has 29 heteroatoms. The van der Waals surface area contributed by atoms with E-state index in [-0.39, 0.29) is 38.0 Å². The Morgan fingerprint density at radius 1 is 0.411 bits per heavy atom. The first-order valence-corrected chi connectivity index (χ1v) is 23.8. The largest absolute Gasteiger partial charge is 3.00 e. The van der Waals surface area contributed by atoms with Gasteiger partial charge in [0.1, 0.15) is 46.0 Å².